The largest absolute Gasteiger partial charge is 0.496 e. The summed E-state index contributed by atoms with van der Waals surface area (Å²) in [6.45, 7) is 0.595. The van der Waals surface area contributed by atoms with Crippen molar-refractivity contribution in [3.8, 4) is 22.8 Å². The molecule has 8 nitrogen and oxygen atoms in total. The van der Waals surface area contributed by atoms with Crippen LogP contribution in [0.4, 0.5) is 5.69 Å². The van der Waals surface area contributed by atoms with Crippen molar-refractivity contribution >= 4 is 28.8 Å². The molecule has 0 saturated heterocycles. The van der Waals surface area contributed by atoms with Gasteiger partial charge in [-0.2, -0.15) is 0 Å². The third-order valence-corrected chi connectivity index (χ3v) is 5.08. The molecule has 3 rings (SSSR count). The number of aromatic nitrogens is 2. The molecule has 0 aliphatic heterocycles. The number of nitrogens with zero attached hydrogens (tertiary/aromatic N) is 2. The topological polar surface area (TPSA) is 117 Å². The zero-order valence-electron chi connectivity index (χ0n) is 17.0. The summed E-state index contributed by atoms with van der Waals surface area (Å²) in [6, 6.07) is 6.48. The number of nitrogens with two attached hydrogens (primary N) is 2. The molecule has 1 atom stereocenters. The number of nitrogens with one attached hydrogen (secondary N) is 1. The average molecular weight is 432 g/mol. The van der Waals surface area contributed by atoms with Crippen molar-refractivity contribution < 1.29 is 14.3 Å². The van der Waals surface area contributed by atoms with Crippen LogP contribution in [-0.2, 0) is 4.79 Å². The van der Waals surface area contributed by atoms with Gasteiger partial charge in [0.25, 0.3) is 0 Å². The zero-order valence-corrected chi connectivity index (χ0v) is 17.8. The van der Waals surface area contributed by atoms with E-state index in [0.717, 1.165) is 18.4 Å². The van der Waals surface area contributed by atoms with Gasteiger partial charge in [0.15, 0.2) is 0 Å². The first-order valence-corrected chi connectivity index (χ1v) is 10.0. The molecule has 2 aromatic heterocycles. The number of amides is 1. The van der Waals surface area contributed by atoms with Crippen molar-refractivity contribution in [3.05, 3.63) is 41.7 Å². The van der Waals surface area contributed by atoms with Gasteiger partial charge >= 0.3 is 0 Å². The van der Waals surface area contributed by atoms with Gasteiger partial charge in [-0.1, -0.05) is 18.0 Å². The standard InChI is InChI=1S/C21H26ClN5O3/c1-29-18-11-19(30-2)15(22)10-14(18)17-12-27-8-6-13(9-20(27)26-17)25-21(28)16(24)5-3-4-7-23/h6,8-12,16H,3-5,7,23-24H2,1-2H3,(H,25,28)/t16-/m0/s1. The summed E-state index contributed by atoms with van der Waals surface area (Å²) in [5.74, 6) is 0.886. The summed E-state index contributed by atoms with van der Waals surface area (Å²) in [6.07, 6.45) is 5.94. The fraction of sp³-hybridized carbons (Fsp3) is 0.333. The molecule has 1 amide bonds. The summed E-state index contributed by atoms with van der Waals surface area (Å²) in [7, 11) is 3.12. The Balaban J connectivity index is 1.83. The van der Waals surface area contributed by atoms with Crippen LogP contribution >= 0.6 is 11.6 Å². The second-order valence-corrected chi connectivity index (χ2v) is 7.28. The Morgan fingerprint density at radius 3 is 2.70 bits per heavy atom. The molecule has 0 aliphatic carbocycles. The molecule has 1 aromatic carbocycles. The summed E-state index contributed by atoms with van der Waals surface area (Å²) in [5.41, 5.74) is 14.1. The highest BCUT2D eigenvalue weighted by atomic mass is 35.5. The molecular formula is C21H26ClN5O3. The van der Waals surface area contributed by atoms with Gasteiger partial charge < -0.3 is 30.7 Å². The van der Waals surface area contributed by atoms with Crippen molar-refractivity contribution in [1.82, 2.24) is 9.38 Å². The van der Waals surface area contributed by atoms with Crippen molar-refractivity contribution in [3.63, 3.8) is 0 Å². The van der Waals surface area contributed by atoms with Crippen LogP contribution in [0.2, 0.25) is 5.02 Å². The number of carbonyl (C=O) groups excluding carboxylic acids is 1. The number of hydrogen-bond acceptors (Lipinski definition) is 6. The SMILES string of the molecule is COc1cc(OC)c(-c2cn3ccc(NC(=O)[C@@H](N)CCCCN)cc3n2)cc1Cl. The summed E-state index contributed by atoms with van der Waals surface area (Å²) in [5, 5.41) is 3.31. The molecule has 3 aromatic rings. The van der Waals surface area contributed by atoms with Gasteiger partial charge in [0, 0.05) is 35.8 Å². The lowest BCUT2D eigenvalue weighted by molar-refractivity contribution is -0.117. The van der Waals surface area contributed by atoms with Crippen LogP contribution < -0.4 is 26.3 Å². The number of carbonyl (C=O) groups is 1. The van der Waals surface area contributed by atoms with Gasteiger partial charge in [-0.25, -0.2) is 4.98 Å². The molecule has 0 aliphatic rings. The number of ether oxygens (including phenoxy) is 2. The lowest BCUT2D eigenvalue weighted by Gasteiger charge is -2.12. The van der Waals surface area contributed by atoms with E-state index in [1.54, 1.807) is 38.5 Å². The third kappa shape index (κ3) is 4.84. The van der Waals surface area contributed by atoms with Gasteiger partial charge in [0.2, 0.25) is 5.91 Å². The third-order valence-electron chi connectivity index (χ3n) is 4.78. The molecule has 0 unspecified atom stereocenters. The summed E-state index contributed by atoms with van der Waals surface area (Å²) < 4.78 is 12.6. The minimum absolute atomic E-state index is 0.230. The molecule has 0 radical (unpaired) electrons. The molecule has 0 spiro atoms. The van der Waals surface area contributed by atoms with Crippen molar-refractivity contribution in [2.45, 2.75) is 25.3 Å². The highest BCUT2D eigenvalue weighted by molar-refractivity contribution is 6.32. The van der Waals surface area contributed by atoms with Gasteiger partial charge in [-0.3, -0.25) is 4.79 Å². The second kappa shape index (κ2) is 9.80. The number of halogens is 1. The van der Waals surface area contributed by atoms with E-state index in [-0.39, 0.29) is 5.91 Å². The van der Waals surface area contributed by atoms with Crippen molar-refractivity contribution in [1.29, 1.82) is 0 Å². The van der Waals surface area contributed by atoms with Gasteiger partial charge in [-0.05, 0) is 31.5 Å². The first-order valence-electron chi connectivity index (χ1n) is 9.64. The Hall–Kier alpha value is -2.81. The van der Waals surface area contributed by atoms with Crippen LogP contribution in [0.5, 0.6) is 11.5 Å². The van der Waals surface area contributed by atoms with E-state index < -0.39 is 6.04 Å². The van der Waals surface area contributed by atoms with Crippen LogP contribution in [0.15, 0.2) is 36.7 Å². The number of anilines is 1. The lowest BCUT2D eigenvalue weighted by Crippen LogP contribution is -2.35. The Morgan fingerprint density at radius 2 is 2.00 bits per heavy atom. The van der Waals surface area contributed by atoms with Crippen LogP contribution in [0.25, 0.3) is 16.9 Å². The van der Waals surface area contributed by atoms with E-state index in [2.05, 4.69) is 10.3 Å². The summed E-state index contributed by atoms with van der Waals surface area (Å²) in [4.78, 5) is 17.0. The molecular weight excluding hydrogens is 406 g/mol. The molecule has 0 saturated carbocycles. The molecule has 30 heavy (non-hydrogen) atoms. The molecule has 5 N–H and O–H groups in total. The van der Waals surface area contributed by atoms with Gasteiger partial charge in [0.1, 0.15) is 17.1 Å². The highest BCUT2D eigenvalue weighted by Gasteiger charge is 2.16. The number of imidazole rings is 1. The minimum Gasteiger partial charge on any atom is -0.496 e. The normalized spacial score (nSPS) is 12.0. The number of fused-ring (bicyclic) bond motifs is 1. The first kappa shape index (κ1) is 21.9. The number of pyridine rings is 1. The van der Waals surface area contributed by atoms with Crippen molar-refractivity contribution in [2.24, 2.45) is 11.5 Å². The number of unbranched alkanes of at least 4 members (excludes halogenated alkanes) is 1. The van der Waals surface area contributed by atoms with Crippen LogP contribution in [0.3, 0.4) is 0 Å². The number of hydrogen-bond donors (Lipinski definition) is 3. The van der Waals surface area contributed by atoms with E-state index in [1.165, 1.54) is 0 Å². The zero-order chi connectivity index (χ0) is 21.7. The maximum atomic E-state index is 12.3. The predicted octanol–water partition coefficient (Wildman–Crippen LogP) is 3.07. The fourth-order valence-electron chi connectivity index (χ4n) is 3.12. The Kier molecular flexibility index (Phi) is 7.15. The molecule has 2 heterocycles. The Bertz CT molecular complexity index is 1040. The molecule has 9 heteroatoms. The van der Waals surface area contributed by atoms with Crippen LogP contribution in [0.1, 0.15) is 19.3 Å². The van der Waals surface area contributed by atoms with E-state index in [1.807, 2.05) is 16.8 Å². The monoisotopic (exact) mass is 431 g/mol. The predicted molar refractivity (Wildman–Crippen MR) is 118 cm³/mol. The van der Waals surface area contributed by atoms with Gasteiger partial charge in [-0.15, -0.1) is 0 Å². The van der Waals surface area contributed by atoms with E-state index >= 15 is 0 Å². The fourth-order valence-corrected chi connectivity index (χ4v) is 3.37. The maximum absolute atomic E-state index is 12.3. The molecule has 0 fully saturated rings. The smallest absolute Gasteiger partial charge is 0.241 e. The van der Waals surface area contributed by atoms with Crippen LogP contribution in [-0.4, -0.2) is 42.1 Å². The number of benzene rings is 1. The second-order valence-electron chi connectivity index (χ2n) is 6.87. The maximum Gasteiger partial charge on any atom is 0.241 e. The molecule has 0 bridgehead atoms. The summed E-state index contributed by atoms with van der Waals surface area (Å²) >= 11 is 6.28. The average Bonchev–Trinajstić information content (AvgIpc) is 3.16. The van der Waals surface area contributed by atoms with Gasteiger partial charge in [0.05, 0.1) is 31.0 Å². The van der Waals surface area contributed by atoms with Crippen LogP contribution in [0, 0.1) is 0 Å². The highest BCUT2D eigenvalue weighted by Crippen LogP contribution is 2.38. The number of methoxy groups -OCH3 is 2. The first-order chi connectivity index (χ1) is 14.5. The van der Waals surface area contributed by atoms with E-state index in [0.29, 0.717) is 46.5 Å². The molecule has 160 valence electrons. The quantitative estimate of drug-likeness (QED) is 0.448. The number of rotatable bonds is 9. The van der Waals surface area contributed by atoms with Crippen molar-refractivity contribution in [2.75, 3.05) is 26.1 Å². The Morgan fingerprint density at radius 1 is 1.23 bits per heavy atom. The van der Waals surface area contributed by atoms with E-state index in [4.69, 9.17) is 32.5 Å². The lowest BCUT2D eigenvalue weighted by atomic mass is 10.1. The Labute approximate surface area is 180 Å². The minimum atomic E-state index is -0.575. The van der Waals surface area contributed by atoms with E-state index in [9.17, 15) is 4.79 Å².